The van der Waals surface area contributed by atoms with Crippen molar-refractivity contribution in [1.29, 1.82) is 0 Å². The summed E-state index contributed by atoms with van der Waals surface area (Å²) in [4.78, 5) is 24.8. The van der Waals surface area contributed by atoms with E-state index in [1.54, 1.807) is 38.1 Å². The Labute approximate surface area is 168 Å². The Kier molecular flexibility index (Phi) is 7.70. The first kappa shape index (κ1) is 21.9. The molecule has 0 fully saturated rings. The fourth-order valence-corrected chi connectivity index (χ4v) is 2.57. The van der Waals surface area contributed by atoms with Gasteiger partial charge >= 0.3 is 0 Å². The van der Waals surface area contributed by atoms with Gasteiger partial charge in [0.1, 0.15) is 23.4 Å². The Morgan fingerprint density at radius 3 is 2.45 bits per heavy atom. The van der Waals surface area contributed by atoms with Gasteiger partial charge in [-0.1, -0.05) is 26.0 Å². The zero-order valence-corrected chi connectivity index (χ0v) is 16.7. The number of hydrazone groups is 1. The Balaban J connectivity index is 2.09. The summed E-state index contributed by atoms with van der Waals surface area (Å²) in [5, 5.41) is 6.49. The van der Waals surface area contributed by atoms with Crippen molar-refractivity contribution >= 4 is 18.0 Å². The van der Waals surface area contributed by atoms with Crippen molar-refractivity contribution in [2.45, 2.75) is 19.9 Å². The molecular formula is C21H24FN3O4. The highest BCUT2D eigenvalue weighted by Crippen LogP contribution is 2.22. The zero-order chi connectivity index (χ0) is 21.4. The maximum absolute atomic E-state index is 13.8. The molecule has 0 saturated heterocycles. The van der Waals surface area contributed by atoms with Crippen LogP contribution in [-0.4, -0.2) is 38.3 Å². The Hall–Kier alpha value is -3.42. The lowest BCUT2D eigenvalue weighted by Gasteiger charge is -2.20. The normalized spacial score (nSPS) is 11.9. The summed E-state index contributed by atoms with van der Waals surface area (Å²) < 4.78 is 24.2. The Morgan fingerprint density at radius 2 is 1.83 bits per heavy atom. The van der Waals surface area contributed by atoms with Crippen molar-refractivity contribution in [3.8, 4) is 11.5 Å². The number of halogens is 1. The Bertz CT molecular complexity index is 899. The van der Waals surface area contributed by atoms with E-state index in [0.717, 1.165) is 0 Å². The third kappa shape index (κ3) is 5.78. The van der Waals surface area contributed by atoms with Crippen LogP contribution in [0.2, 0.25) is 0 Å². The highest BCUT2D eigenvalue weighted by Gasteiger charge is 2.25. The van der Waals surface area contributed by atoms with E-state index in [-0.39, 0.29) is 11.5 Å². The first-order chi connectivity index (χ1) is 13.9. The fraction of sp³-hybridized carbons (Fsp3) is 0.286. The van der Waals surface area contributed by atoms with Crippen molar-refractivity contribution in [1.82, 2.24) is 10.7 Å². The maximum Gasteiger partial charge on any atom is 0.262 e. The molecule has 0 aromatic heterocycles. The number of hydrogen-bond donors (Lipinski definition) is 2. The first-order valence-corrected chi connectivity index (χ1v) is 8.97. The minimum atomic E-state index is -0.897. The van der Waals surface area contributed by atoms with Crippen molar-refractivity contribution in [2.75, 3.05) is 14.2 Å². The van der Waals surface area contributed by atoms with Crippen molar-refractivity contribution < 1.29 is 23.5 Å². The maximum atomic E-state index is 13.8. The van der Waals surface area contributed by atoms with E-state index in [2.05, 4.69) is 15.8 Å². The van der Waals surface area contributed by atoms with Gasteiger partial charge in [0.15, 0.2) is 0 Å². The van der Waals surface area contributed by atoms with Crippen LogP contribution < -0.4 is 20.2 Å². The monoisotopic (exact) mass is 401 g/mol. The van der Waals surface area contributed by atoms with Gasteiger partial charge in [-0.3, -0.25) is 9.59 Å². The van der Waals surface area contributed by atoms with E-state index in [4.69, 9.17) is 9.47 Å². The van der Waals surface area contributed by atoms with Crippen LogP contribution in [0.25, 0.3) is 0 Å². The molecule has 2 amide bonds. The van der Waals surface area contributed by atoms with Crippen LogP contribution >= 0.6 is 0 Å². The largest absolute Gasteiger partial charge is 0.497 e. The third-order valence-electron chi connectivity index (χ3n) is 4.17. The van der Waals surface area contributed by atoms with Gasteiger partial charge in [0.05, 0.1) is 26.0 Å². The molecule has 0 spiro atoms. The summed E-state index contributed by atoms with van der Waals surface area (Å²) in [6.07, 6.45) is 1.41. The second kappa shape index (κ2) is 10.2. The zero-order valence-electron chi connectivity index (χ0n) is 16.7. The van der Waals surface area contributed by atoms with Crippen LogP contribution in [0.4, 0.5) is 4.39 Å². The van der Waals surface area contributed by atoms with Gasteiger partial charge in [-0.2, -0.15) is 5.10 Å². The van der Waals surface area contributed by atoms with E-state index < -0.39 is 23.7 Å². The molecule has 0 aliphatic rings. The van der Waals surface area contributed by atoms with Gasteiger partial charge < -0.3 is 14.8 Å². The molecule has 0 saturated carbocycles. The molecule has 2 aromatic carbocycles. The average molecular weight is 401 g/mol. The number of hydrogen-bond acceptors (Lipinski definition) is 5. The van der Waals surface area contributed by atoms with Crippen molar-refractivity contribution in [2.24, 2.45) is 11.0 Å². The summed E-state index contributed by atoms with van der Waals surface area (Å²) in [7, 11) is 3.06. The standard InChI is InChI=1S/C21H24FN3O4/c1-13(2)19(24-20(26)16-7-5-6-8-17(16)22)21(27)25-23-12-14-11-15(28-3)9-10-18(14)29-4/h5-13,19H,1-4H3,(H,24,26)(H,25,27)/b23-12+. The van der Waals surface area contributed by atoms with Crippen molar-refractivity contribution in [3.63, 3.8) is 0 Å². The summed E-state index contributed by atoms with van der Waals surface area (Å²) >= 11 is 0. The van der Waals surface area contributed by atoms with E-state index in [1.807, 2.05) is 0 Å². The molecule has 0 heterocycles. The number of carbonyl (C=O) groups is 2. The number of carbonyl (C=O) groups excluding carboxylic acids is 2. The summed E-state index contributed by atoms with van der Waals surface area (Å²) in [6.45, 7) is 3.53. The molecule has 0 radical (unpaired) electrons. The first-order valence-electron chi connectivity index (χ1n) is 8.97. The van der Waals surface area contributed by atoms with Gasteiger partial charge in [0.25, 0.3) is 11.8 Å². The van der Waals surface area contributed by atoms with E-state index >= 15 is 0 Å². The summed E-state index contributed by atoms with van der Waals surface area (Å²) in [5.41, 5.74) is 2.87. The molecule has 29 heavy (non-hydrogen) atoms. The van der Waals surface area contributed by atoms with Gasteiger partial charge in [-0.15, -0.1) is 0 Å². The molecule has 8 heteroatoms. The predicted molar refractivity (Wildman–Crippen MR) is 108 cm³/mol. The van der Waals surface area contributed by atoms with E-state index in [9.17, 15) is 14.0 Å². The number of ether oxygens (including phenoxy) is 2. The lowest BCUT2D eigenvalue weighted by Crippen LogP contribution is -2.48. The number of nitrogens with zero attached hydrogens (tertiary/aromatic N) is 1. The molecule has 7 nitrogen and oxygen atoms in total. The van der Waals surface area contributed by atoms with Crippen LogP contribution in [0.3, 0.4) is 0 Å². The number of benzene rings is 2. The highest BCUT2D eigenvalue weighted by atomic mass is 19.1. The Morgan fingerprint density at radius 1 is 1.10 bits per heavy atom. The average Bonchev–Trinajstić information content (AvgIpc) is 2.71. The SMILES string of the molecule is COc1ccc(OC)c(/C=N/NC(=O)C(NC(=O)c2ccccc2F)C(C)C)c1. The molecule has 1 atom stereocenters. The van der Waals surface area contributed by atoms with Gasteiger partial charge in [0.2, 0.25) is 0 Å². The quantitative estimate of drug-likeness (QED) is 0.526. The topological polar surface area (TPSA) is 89.0 Å². The van der Waals surface area contributed by atoms with E-state index in [0.29, 0.717) is 17.1 Å². The number of methoxy groups -OCH3 is 2. The van der Waals surface area contributed by atoms with E-state index in [1.165, 1.54) is 38.6 Å². The van der Waals surface area contributed by atoms with Gasteiger partial charge in [-0.05, 0) is 36.2 Å². The molecule has 2 aromatic rings. The molecule has 0 bridgehead atoms. The lowest BCUT2D eigenvalue weighted by atomic mass is 10.0. The molecule has 2 N–H and O–H groups in total. The number of nitrogens with one attached hydrogen (secondary N) is 2. The minimum absolute atomic E-state index is 0.129. The molecular weight excluding hydrogens is 377 g/mol. The fourth-order valence-electron chi connectivity index (χ4n) is 2.57. The summed E-state index contributed by atoms with van der Waals surface area (Å²) in [5.74, 6) is -0.936. The molecule has 0 aliphatic heterocycles. The molecule has 2 rings (SSSR count). The van der Waals surface area contributed by atoms with Crippen LogP contribution in [0, 0.1) is 11.7 Å². The van der Waals surface area contributed by atoms with Crippen LogP contribution in [0.5, 0.6) is 11.5 Å². The summed E-state index contributed by atoms with van der Waals surface area (Å²) in [6, 6.07) is 9.84. The number of amides is 2. The van der Waals surface area contributed by atoms with Gasteiger partial charge in [0, 0.05) is 5.56 Å². The second-order valence-electron chi connectivity index (χ2n) is 6.52. The smallest absolute Gasteiger partial charge is 0.262 e. The number of rotatable bonds is 8. The van der Waals surface area contributed by atoms with Crippen LogP contribution in [0.1, 0.15) is 29.8 Å². The highest BCUT2D eigenvalue weighted by molar-refractivity contribution is 5.98. The van der Waals surface area contributed by atoms with Crippen molar-refractivity contribution in [3.05, 3.63) is 59.4 Å². The predicted octanol–water partition coefficient (Wildman–Crippen LogP) is 2.75. The lowest BCUT2D eigenvalue weighted by molar-refractivity contribution is -0.123. The third-order valence-corrected chi connectivity index (χ3v) is 4.17. The van der Waals surface area contributed by atoms with Crippen LogP contribution in [-0.2, 0) is 4.79 Å². The van der Waals surface area contributed by atoms with Gasteiger partial charge in [-0.25, -0.2) is 9.82 Å². The molecule has 1 unspecified atom stereocenters. The molecule has 154 valence electrons. The van der Waals surface area contributed by atoms with Crippen LogP contribution in [0.15, 0.2) is 47.6 Å². The minimum Gasteiger partial charge on any atom is -0.497 e. The molecule has 0 aliphatic carbocycles. The second-order valence-corrected chi connectivity index (χ2v) is 6.52.